The van der Waals surface area contributed by atoms with Gasteiger partial charge < -0.3 is 15.0 Å². The van der Waals surface area contributed by atoms with Gasteiger partial charge in [0.25, 0.3) is 0 Å². The molecule has 2 heterocycles. The van der Waals surface area contributed by atoms with Gasteiger partial charge in [-0.1, -0.05) is 18.2 Å². The molecule has 1 N–H and O–H groups in total. The first-order chi connectivity index (χ1) is 14.7. The zero-order valence-electron chi connectivity index (χ0n) is 18.8. The third-order valence-electron chi connectivity index (χ3n) is 6.06. The van der Waals surface area contributed by atoms with Crippen molar-refractivity contribution in [1.29, 1.82) is 0 Å². The van der Waals surface area contributed by atoms with Crippen molar-refractivity contribution >= 4 is 44.4 Å². The molecule has 2 unspecified atom stereocenters. The number of fused-ring (bicyclic) bond motifs is 2. The second kappa shape index (κ2) is 8.10. The normalized spacial score (nSPS) is 20.3. The SMILES string of the molecule is CCN(CC)C(=O)C1C=C2c3cccc4c3c(c(Br)n4C(=O)OC(C)(C)C)CC2NC1. The Morgan fingerprint density at radius 1 is 1.26 bits per heavy atom. The summed E-state index contributed by atoms with van der Waals surface area (Å²) in [6, 6.07) is 6.12. The third-order valence-corrected chi connectivity index (χ3v) is 6.89. The number of benzene rings is 1. The maximum atomic E-state index is 13.0. The van der Waals surface area contributed by atoms with Crippen molar-refractivity contribution in [1.82, 2.24) is 14.8 Å². The van der Waals surface area contributed by atoms with E-state index in [1.165, 1.54) is 0 Å². The highest BCUT2D eigenvalue weighted by Crippen LogP contribution is 2.43. The Bertz CT molecular complexity index is 1080. The van der Waals surface area contributed by atoms with E-state index < -0.39 is 11.7 Å². The first-order valence-electron chi connectivity index (χ1n) is 11.0. The lowest BCUT2D eigenvalue weighted by Crippen LogP contribution is -2.46. The zero-order chi connectivity index (χ0) is 22.5. The summed E-state index contributed by atoms with van der Waals surface area (Å²) in [5, 5.41) is 4.64. The molecule has 0 saturated heterocycles. The molecule has 2 aromatic rings. The van der Waals surface area contributed by atoms with Gasteiger partial charge in [-0.3, -0.25) is 4.79 Å². The molecule has 1 aromatic heterocycles. The summed E-state index contributed by atoms with van der Waals surface area (Å²) < 4.78 is 8.03. The summed E-state index contributed by atoms with van der Waals surface area (Å²) in [5.74, 6) is -0.0201. The van der Waals surface area contributed by atoms with Gasteiger partial charge in [0.15, 0.2) is 0 Å². The van der Waals surface area contributed by atoms with Crippen LogP contribution < -0.4 is 5.32 Å². The highest BCUT2D eigenvalue weighted by atomic mass is 79.9. The number of rotatable bonds is 3. The quantitative estimate of drug-likeness (QED) is 0.687. The van der Waals surface area contributed by atoms with E-state index in [1.807, 2.05) is 51.7 Å². The molecule has 4 rings (SSSR count). The Labute approximate surface area is 191 Å². The van der Waals surface area contributed by atoms with Gasteiger partial charge in [0.05, 0.1) is 16.0 Å². The second-order valence-electron chi connectivity index (χ2n) is 9.19. The van der Waals surface area contributed by atoms with E-state index in [4.69, 9.17) is 4.74 Å². The minimum atomic E-state index is -0.582. The number of ether oxygens (including phenoxy) is 1. The first kappa shape index (κ1) is 22.1. The average molecular weight is 488 g/mol. The van der Waals surface area contributed by atoms with Crippen LogP contribution in [0.2, 0.25) is 0 Å². The number of aromatic nitrogens is 1. The minimum absolute atomic E-state index is 0.115. The summed E-state index contributed by atoms with van der Waals surface area (Å²) in [5.41, 5.74) is 3.56. The van der Waals surface area contributed by atoms with Gasteiger partial charge >= 0.3 is 6.09 Å². The van der Waals surface area contributed by atoms with Gasteiger partial charge in [-0.05, 0) is 79.7 Å². The number of hydrogen-bond donors (Lipinski definition) is 1. The fourth-order valence-corrected chi connectivity index (χ4v) is 5.36. The number of carbonyl (C=O) groups is 2. The first-order valence-corrected chi connectivity index (χ1v) is 11.7. The van der Waals surface area contributed by atoms with Gasteiger partial charge in [-0.15, -0.1) is 0 Å². The topological polar surface area (TPSA) is 63.6 Å². The molecule has 6 nitrogen and oxygen atoms in total. The predicted molar refractivity (Wildman–Crippen MR) is 126 cm³/mol. The van der Waals surface area contributed by atoms with E-state index in [9.17, 15) is 9.59 Å². The Hall–Kier alpha value is -2.12. The molecule has 31 heavy (non-hydrogen) atoms. The molecule has 1 aliphatic heterocycles. The molecule has 0 radical (unpaired) electrons. The molecule has 0 saturated carbocycles. The van der Waals surface area contributed by atoms with E-state index >= 15 is 0 Å². The van der Waals surface area contributed by atoms with E-state index in [1.54, 1.807) is 4.57 Å². The van der Waals surface area contributed by atoms with Gasteiger partial charge in [0, 0.05) is 31.1 Å². The monoisotopic (exact) mass is 487 g/mol. The lowest BCUT2D eigenvalue weighted by molar-refractivity contribution is -0.133. The largest absolute Gasteiger partial charge is 0.443 e. The molecule has 1 aliphatic carbocycles. The number of halogens is 1. The molecule has 1 amide bonds. The highest BCUT2D eigenvalue weighted by molar-refractivity contribution is 9.10. The molecule has 1 aromatic carbocycles. The number of carbonyl (C=O) groups excluding carboxylic acids is 2. The molecule has 0 fully saturated rings. The van der Waals surface area contributed by atoms with Crippen LogP contribution >= 0.6 is 15.9 Å². The molecule has 2 aliphatic rings. The summed E-state index contributed by atoms with van der Waals surface area (Å²) in [7, 11) is 0. The fourth-order valence-electron chi connectivity index (χ4n) is 4.66. The van der Waals surface area contributed by atoms with Crippen molar-refractivity contribution in [3.8, 4) is 0 Å². The smallest absolute Gasteiger partial charge is 0.419 e. The van der Waals surface area contributed by atoms with Gasteiger partial charge in [0.1, 0.15) is 5.60 Å². The molecule has 166 valence electrons. The second-order valence-corrected chi connectivity index (χ2v) is 9.94. The van der Waals surface area contributed by atoms with Gasteiger partial charge in [-0.25, -0.2) is 9.36 Å². The van der Waals surface area contributed by atoms with E-state index in [0.717, 1.165) is 38.6 Å². The van der Waals surface area contributed by atoms with Crippen LogP contribution in [-0.4, -0.2) is 52.7 Å². The van der Waals surface area contributed by atoms with Crippen LogP contribution in [0.4, 0.5) is 4.79 Å². The molecule has 0 spiro atoms. The Morgan fingerprint density at radius 3 is 2.61 bits per heavy atom. The van der Waals surface area contributed by atoms with Crippen molar-refractivity contribution < 1.29 is 14.3 Å². The number of amides is 1. The highest BCUT2D eigenvalue weighted by Gasteiger charge is 2.36. The lowest BCUT2D eigenvalue weighted by Gasteiger charge is -2.35. The van der Waals surface area contributed by atoms with Gasteiger partial charge in [0.2, 0.25) is 5.91 Å². The van der Waals surface area contributed by atoms with Crippen LogP contribution in [0, 0.1) is 5.92 Å². The van der Waals surface area contributed by atoms with Crippen molar-refractivity contribution in [2.24, 2.45) is 5.92 Å². The number of nitrogens with one attached hydrogen (secondary N) is 1. The fraction of sp³-hybridized carbons (Fsp3) is 0.500. The van der Waals surface area contributed by atoms with Crippen molar-refractivity contribution in [3.63, 3.8) is 0 Å². The summed E-state index contributed by atoms with van der Waals surface area (Å²) >= 11 is 3.67. The minimum Gasteiger partial charge on any atom is -0.443 e. The number of hydrogen-bond acceptors (Lipinski definition) is 4. The van der Waals surface area contributed by atoms with E-state index in [-0.39, 0.29) is 17.9 Å². The van der Waals surface area contributed by atoms with Crippen LogP contribution in [0.25, 0.3) is 16.5 Å². The van der Waals surface area contributed by atoms with E-state index in [0.29, 0.717) is 19.6 Å². The molecule has 7 heteroatoms. The average Bonchev–Trinajstić information content (AvgIpc) is 3.00. The lowest BCUT2D eigenvalue weighted by atomic mass is 9.80. The molecule has 2 atom stereocenters. The van der Waals surface area contributed by atoms with Crippen LogP contribution in [0.5, 0.6) is 0 Å². The molecular formula is C24H30BrN3O3. The van der Waals surface area contributed by atoms with Crippen LogP contribution in [0.15, 0.2) is 28.9 Å². The zero-order valence-corrected chi connectivity index (χ0v) is 20.4. The van der Waals surface area contributed by atoms with Crippen molar-refractivity contribution in [2.75, 3.05) is 19.6 Å². The Morgan fingerprint density at radius 2 is 1.97 bits per heavy atom. The van der Waals surface area contributed by atoms with E-state index in [2.05, 4.69) is 33.4 Å². The number of nitrogens with zero attached hydrogens (tertiary/aromatic N) is 2. The predicted octanol–water partition coefficient (Wildman–Crippen LogP) is 4.58. The van der Waals surface area contributed by atoms with Crippen LogP contribution in [-0.2, 0) is 16.0 Å². The van der Waals surface area contributed by atoms with Crippen molar-refractivity contribution in [2.45, 2.75) is 52.7 Å². The summed E-state index contributed by atoms with van der Waals surface area (Å²) in [6.07, 6.45) is 2.49. The van der Waals surface area contributed by atoms with Gasteiger partial charge in [-0.2, -0.15) is 0 Å². The summed E-state index contributed by atoms with van der Waals surface area (Å²) in [4.78, 5) is 27.8. The van der Waals surface area contributed by atoms with Crippen molar-refractivity contribution in [3.05, 3.63) is 40.0 Å². The Kier molecular flexibility index (Phi) is 5.77. The van der Waals surface area contributed by atoms with Crippen LogP contribution in [0.1, 0.15) is 45.7 Å². The molecular weight excluding hydrogens is 458 g/mol. The Balaban J connectivity index is 1.81. The maximum Gasteiger partial charge on any atom is 0.419 e. The standard InChI is InChI=1S/C24H30BrN3O3/c1-6-27(7-2)22(29)14-11-16-15-9-8-10-19-20(15)17(12-18(16)26-13-14)21(25)28(19)23(30)31-24(3,4)5/h8-11,14,18,26H,6-7,12-13H2,1-5H3. The van der Waals surface area contributed by atoms with Crippen LogP contribution in [0.3, 0.4) is 0 Å². The molecule has 0 bridgehead atoms. The third kappa shape index (κ3) is 3.82. The summed E-state index contributed by atoms with van der Waals surface area (Å²) in [6.45, 7) is 11.7. The maximum absolute atomic E-state index is 13.0.